The summed E-state index contributed by atoms with van der Waals surface area (Å²) in [7, 11) is 0. The highest BCUT2D eigenvalue weighted by molar-refractivity contribution is 5.86. The Morgan fingerprint density at radius 1 is 1.14 bits per heavy atom. The second-order valence-electron chi connectivity index (χ2n) is 6.94. The predicted octanol–water partition coefficient (Wildman–Crippen LogP) is 1.81. The van der Waals surface area contributed by atoms with Gasteiger partial charge in [0.05, 0.1) is 36.8 Å². The molecule has 4 rings (SSSR count). The number of hydrogen-bond acceptors (Lipinski definition) is 7. The maximum absolute atomic E-state index is 12.5. The monoisotopic (exact) mass is 394 g/mol. The fourth-order valence-electron chi connectivity index (χ4n) is 3.59. The van der Waals surface area contributed by atoms with E-state index in [2.05, 4.69) is 19.8 Å². The molecule has 28 heavy (non-hydrogen) atoms. The van der Waals surface area contributed by atoms with Crippen molar-refractivity contribution in [2.24, 2.45) is 0 Å². The fraction of sp³-hybridized carbons (Fsp3) is 0.579. The lowest BCUT2D eigenvalue weighted by atomic mass is 10.1. The average molecular weight is 394 g/mol. The summed E-state index contributed by atoms with van der Waals surface area (Å²) in [6.07, 6.45) is -1.06. The molecule has 1 unspecified atom stereocenters. The summed E-state index contributed by atoms with van der Waals surface area (Å²) in [5.74, 6) is 0.195. The zero-order valence-corrected chi connectivity index (χ0v) is 15.6. The van der Waals surface area contributed by atoms with Crippen molar-refractivity contribution in [3.8, 4) is 5.88 Å². The van der Waals surface area contributed by atoms with Gasteiger partial charge in [0, 0.05) is 38.4 Å². The first-order valence-corrected chi connectivity index (χ1v) is 9.51. The Kier molecular flexibility index (Phi) is 6.13. The third kappa shape index (κ3) is 4.65. The van der Waals surface area contributed by atoms with Crippen LogP contribution >= 0.6 is 0 Å². The van der Waals surface area contributed by atoms with Gasteiger partial charge in [0.15, 0.2) is 6.61 Å². The van der Waals surface area contributed by atoms with Crippen molar-refractivity contribution in [2.45, 2.75) is 12.5 Å². The van der Waals surface area contributed by atoms with Crippen LogP contribution in [0, 0.1) is 0 Å². The molecule has 1 aromatic carbocycles. The minimum absolute atomic E-state index is 0.146. The number of anilines is 1. The molecule has 0 aliphatic carbocycles. The van der Waals surface area contributed by atoms with Gasteiger partial charge in [-0.15, -0.1) is 0 Å². The molecule has 0 spiro atoms. The van der Waals surface area contributed by atoms with Crippen molar-refractivity contribution < 1.29 is 23.0 Å². The van der Waals surface area contributed by atoms with Crippen LogP contribution in [-0.4, -0.2) is 86.5 Å². The van der Waals surface area contributed by atoms with Crippen LogP contribution in [0.25, 0.3) is 10.9 Å². The van der Waals surface area contributed by atoms with Crippen LogP contribution in [0.5, 0.6) is 5.88 Å². The highest BCUT2D eigenvalue weighted by Gasteiger charge is 2.23. The van der Waals surface area contributed by atoms with Gasteiger partial charge in [0.2, 0.25) is 5.88 Å². The standard InChI is InChI=1S/C19H24F2N4O3/c20-18(21)12-28-19-16-9-14(1-2-17(16)22-13-23-19)25-5-3-24(4-6-25)10-15-11-26-7-8-27-15/h1-2,9,13,15,18H,3-8,10-12H2. The van der Waals surface area contributed by atoms with Crippen LogP contribution in [0.3, 0.4) is 0 Å². The number of halogens is 2. The molecule has 3 heterocycles. The molecule has 2 fully saturated rings. The van der Waals surface area contributed by atoms with Gasteiger partial charge in [-0.1, -0.05) is 0 Å². The molecule has 2 saturated heterocycles. The van der Waals surface area contributed by atoms with Crippen LogP contribution in [-0.2, 0) is 9.47 Å². The fourth-order valence-corrected chi connectivity index (χ4v) is 3.59. The van der Waals surface area contributed by atoms with Gasteiger partial charge in [-0.25, -0.2) is 18.7 Å². The number of benzene rings is 1. The first-order valence-electron chi connectivity index (χ1n) is 9.51. The third-order valence-corrected chi connectivity index (χ3v) is 5.01. The number of alkyl halides is 2. The summed E-state index contributed by atoms with van der Waals surface area (Å²) >= 11 is 0. The number of ether oxygens (including phenoxy) is 3. The molecule has 0 bridgehead atoms. The van der Waals surface area contributed by atoms with Crippen LogP contribution in [0.15, 0.2) is 24.5 Å². The van der Waals surface area contributed by atoms with Crippen molar-refractivity contribution in [1.29, 1.82) is 0 Å². The number of piperazine rings is 1. The quantitative estimate of drug-likeness (QED) is 0.741. The zero-order chi connectivity index (χ0) is 19.3. The third-order valence-electron chi connectivity index (χ3n) is 5.01. The van der Waals surface area contributed by atoms with Gasteiger partial charge in [-0.2, -0.15) is 0 Å². The molecule has 7 nitrogen and oxygen atoms in total. The average Bonchev–Trinajstić information content (AvgIpc) is 2.73. The normalized spacial score (nSPS) is 21.4. The Labute approximate surface area is 162 Å². The van der Waals surface area contributed by atoms with Gasteiger partial charge in [-0.05, 0) is 18.2 Å². The van der Waals surface area contributed by atoms with E-state index in [1.165, 1.54) is 6.33 Å². The van der Waals surface area contributed by atoms with Crippen LogP contribution in [0.2, 0.25) is 0 Å². The van der Waals surface area contributed by atoms with Crippen molar-refractivity contribution in [3.05, 3.63) is 24.5 Å². The summed E-state index contributed by atoms with van der Waals surface area (Å²) in [6.45, 7) is 5.81. The summed E-state index contributed by atoms with van der Waals surface area (Å²) in [6, 6.07) is 5.80. The van der Waals surface area contributed by atoms with Crippen molar-refractivity contribution >= 4 is 16.6 Å². The molecule has 2 aliphatic heterocycles. The van der Waals surface area contributed by atoms with Crippen molar-refractivity contribution in [2.75, 3.05) is 64.1 Å². The zero-order valence-electron chi connectivity index (χ0n) is 15.6. The Balaban J connectivity index is 1.41. The molecule has 152 valence electrons. The molecule has 0 radical (unpaired) electrons. The number of nitrogens with zero attached hydrogens (tertiary/aromatic N) is 4. The Morgan fingerprint density at radius 2 is 2.00 bits per heavy atom. The minimum atomic E-state index is -2.54. The molecule has 0 amide bonds. The van der Waals surface area contributed by atoms with Gasteiger partial charge in [0.1, 0.15) is 6.33 Å². The van der Waals surface area contributed by atoms with Crippen molar-refractivity contribution in [3.63, 3.8) is 0 Å². The molecule has 1 atom stereocenters. The van der Waals surface area contributed by atoms with E-state index in [-0.39, 0.29) is 12.0 Å². The minimum Gasteiger partial charge on any atom is -0.471 e. The molecule has 9 heteroatoms. The molecular weight excluding hydrogens is 370 g/mol. The summed E-state index contributed by atoms with van der Waals surface area (Å²) in [5.41, 5.74) is 1.69. The summed E-state index contributed by atoms with van der Waals surface area (Å²) < 4.78 is 41.4. The van der Waals surface area contributed by atoms with E-state index in [9.17, 15) is 8.78 Å². The van der Waals surface area contributed by atoms with Crippen LogP contribution in [0.4, 0.5) is 14.5 Å². The largest absolute Gasteiger partial charge is 0.471 e. The van der Waals surface area contributed by atoms with E-state index in [1.807, 2.05) is 18.2 Å². The Hall–Kier alpha value is -2.10. The number of hydrogen-bond donors (Lipinski definition) is 0. The molecule has 1 aromatic heterocycles. The summed E-state index contributed by atoms with van der Waals surface area (Å²) in [5, 5.41) is 0.649. The van der Waals surface area contributed by atoms with E-state index in [0.717, 1.165) is 38.4 Å². The van der Waals surface area contributed by atoms with Crippen LogP contribution < -0.4 is 9.64 Å². The molecular formula is C19H24F2N4O3. The van der Waals surface area contributed by atoms with Crippen LogP contribution in [0.1, 0.15) is 0 Å². The van der Waals surface area contributed by atoms with E-state index in [0.29, 0.717) is 30.7 Å². The second-order valence-corrected chi connectivity index (χ2v) is 6.94. The van der Waals surface area contributed by atoms with E-state index in [1.54, 1.807) is 0 Å². The first kappa shape index (κ1) is 19.2. The van der Waals surface area contributed by atoms with E-state index >= 15 is 0 Å². The molecule has 2 aromatic rings. The Bertz CT molecular complexity index is 781. The highest BCUT2D eigenvalue weighted by Crippen LogP contribution is 2.27. The lowest BCUT2D eigenvalue weighted by Crippen LogP contribution is -2.50. The van der Waals surface area contributed by atoms with E-state index < -0.39 is 13.0 Å². The van der Waals surface area contributed by atoms with E-state index in [4.69, 9.17) is 14.2 Å². The van der Waals surface area contributed by atoms with Gasteiger partial charge in [0.25, 0.3) is 6.43 Å². The predicted molar refractivity (Wildman–Crippen MR) is 100 cm³/mol. The Morgan fingerprint density at radius 3 is 2.75 bits per heavy atom. The van der Waals surface area contributed by atoms with Gasteiger partial charge in [-0.3, -0.25) is 4.90 Å². The highest BCUT2D eigenvalue weighted by atomic mass is 19.3. The number of rotatable bonds is 6. The van der Waals surface area contributed by atoms with Gasteiger partial charge >= 0.3 is 0 Å². The topological polar surface area (TPSA) is 60.0 Å². The lowest BCUT2D eigenvalue weighted by molar-refractivity contribution is -0.0977. The molecule has 0 saturated carbocycles. The van der Waals surface area contributed by atoms with Gasteiger partial charge < -0.3 is 19.1 Å². The first-order chi connectivity index (χ1) is 13.7. The summed E-state index contributed by atoms with van der Waals surface area (Å²) in [4.78, 5) is 12.9. The number of fused-ring (bicyclic) bond motifs is 1. The SMILES string of the molecule is FC(F)COc1ncnc2ccc(N3CCN(CC4COCCO4)CC3)cc12. The smallest absolute Gasteiger partial charge is 0.272 e. The molecule has 2 aliphatic rings. The van der Waals surface area contributed by atoms with Crippen molar-refractivity contribution in [1.82, 2.24) is 14.9 Å². The maximum Gasteiger partial charge on any atom is 0.272 e. The lowest BCUT2D eigenvalue weighted by Gasteiger charge is -2.38. The second kappa shape index (κ2) is 8.93. The maximum atomic E-state index is 12.5. The number of aromatic nitrogens is 2. The molecule has 0 N–H and O–H groups in total.